The molecule has 31 heavy (non-hydrogen) atoms. The number of allylic oxidation sites excluding steroid dienone is 1. The zero-order valence-electron chi connectivity index (χ0n) is 18.0. The van der Waals surface area contributed by atoms with E-state index >= 15 is 0 Å². The quantitative estimate of drug-likeness (QED) is 0.361. The molecule has 0 atom stereocenters. The van der Waals surface area contributed by atoms with E-state index in [1.165, 1.54) is 19.3 Å². The first-order chi connectivity index (χ1) is 14.5. The first kappa shape index (κ1) is 22.4. The van der Waals surface area contributed by atoms with Gasteiger partial charge in [0.15, 0.2) is 17.3 Å². The standard InChI is InChI=1S/C23H24O7S/c1-23(2)13-12-17-19(27-3)11-8-16(22(17)29-23)18(24)9-6-15-7-10-20(28-4)21(14-15)30-31(5,25)26/h6-14H,1-5H3/b9-6+. The van der Waals surface area contributed by atoms with Gasteiger partial charge in [0.2, 0.25) is 0 Å². The van der Waals surface area contributed by atoms with Gasteiger partial charge in [-0.2, -0.15) is 8.42 Å². The van der Waals surface area contributed by atoms with Gasteiger partial charge in [-0.15, -0.1) is 0 Å². The largest absolute Gasteiger partial charge is 0.496 e. The summed E-state index contributed by atoms with van der Waals surface area (Å²) >= 11 is 0. The summed E-state index contributed by atoms with van der Waals surface area (Å²) in [6.45, 7) is 3.80. The Morgan fingerprint density at radius 2 is 1.71 bits per heavy atom. The fourth-order valence-electron chi connectivity index (χ4n) is 3.09. The summed E-state index contributed by atoms with van der Waals surface area (Å²) in [6.07, 6.45) is 7.69. The molecule has 164 valence electrons. The van der Waals surface area contributed by atoms with E-state index in [9.17, 15) is 13.2 Å². The van der Waals surface area contributed by atoms with Crippen molar-refractivity contribution in [3.63, 3.8) is 0 Å². The molecule has 0 radical (unpaired) electrons. The van der Waals surface area contributed by atoms with Crippen molar-refractivity contribution in [2.45, 2.75) is 19.4 Å². The highest BCUT2D eigenvalue weighted by Gasteiger charge is 2.27. The third-order valence-electron chi connectivity index (χ3n) is 4.51. The van der Waals surface area contributed by atoms with Crippen LogP contribution in [0.3, 0.4) is 0 Å². The van der Waals surface area contributed by atoms with Gasteiger partial charge in [-0.3, -0.25) is 4.79 Å². The van der Waals surface area contributed by atoms with Gasteiger partial charge >= 0.3 is 10.1 Å². The van der Waals surface area contributed by atoms with Crippen molar-refractivity contribution < 1.29 is 31.6 Å². The summed E-state index contributed by atoms with van der Waals surface area (Å²) in [5.74, 6) is 1.10. The minimum absolute atomic E-state index is 0.0386. The van der Waals surface area contributed by atoms with Crippen LogP contribution in [0.25, 0.3) is 12.2 Å². The first-order valence-electron chi connectivity index (χ1n) is 9.42. The predicted molar refractivity (Wildman–Crippen MR) is 119 cm³/mol. The molecule has 7 nitrogen and oxygen atoms in total. The molecule has 3 rings (SSSR count). The molecule has 0 fully saturated rings. The molecule has 0 saturated carbocycles. The van der Waals surface area contributed by atoms with Crippen molar-refractivity contribution in [1.29, 1.82) is 0 Å². The molecule has 0 aliphatic carbocycles. The van der Waals surface area contributed by atoms with Crippen LogP contribution in [-0.4, -0.2) is 40.3 Å². The van der Waals surface area contributed by atoms with Crippen molar-refractivity contribution in [2.75, 3.05) is 20.5 Å². The molecule has 2 aromatic rings. The Labute approximate surface area is 182 Å². The van der Waals surface area contributed by atoms with E-state index in [4.69, 9.17) is 18.4 Å². The lowest BCUT2D eigenvalue weighted by Crippen LogP contribution is -2.28. The van der Waals surface area contributed by atoms with E-state index in [1.54, 1.807) is 37.5 Å². The lowest BCUT2D eigenvalue weighted by Gasteiger charge is -2.29. The van der Waals surface area contributed by atoms with Crippen LogP contribution in [0.15, 0.2) is 42.5 Å². The molecule has 2 aromatic carbocycles. The van der Waals surface area contributed by atoms with Crippen LogP contribution in [0.2, 0.25) is 0 Å². The second-order valence-electron chi connectivity index (χ2n) is 7.49. The number of rotatable bonds is 7. The highest BCUT2D eigenvalue weighted by atomic mass is 32.2. The normalized spacial score (nSPS) is 14.6. The van der Waals surface area contributed by atoms with E-state index in [1.807, 2.05) is 26.0 Å². The number of hydrogen-bond acceptors (Lipinski definition) is 7. The lowest BCUT2D eigenvalue weighted by molar-refractivity contribution is 0.103. The summed E-state index contributed by atoms with van der Waals surface area (Å²) in [4.78, 5) is 13.0. The maximum absolute atomic E-state index is 13.0. The van der Waals surface area contributed by atoms with Crippen molar-refractivity contribution >= 4 is 28.1 Å². The Morgan fingerprint density at radius 1 is 1.03 bits per heavy atom. The van der Waals surface area contributed by atoms with Gasteiger partial charge in [0, 0.05) is 0 Å². The number of methoxy groups -OCH3 is 2. The first-order valence-corrected chi connectivity index (χ1v) is 11.2. The second-order valence-corrected chi connectivity index (χ2v) is 9.07. The molecule has 0 N–H and O–H groups in total. The average Bonchev–Trinajstić information content (AvgIpc) is 2.69. The van der Waals surface area contributed by atoms with Gasteiger partial charge in [0.25, 0.3) is 0 Å². The monoisotopic (exact) mass is 444 g/mol. The number of carbonyl (C=O) groups excluding carboxylic acids is 1. The summed E-state index contributed by atoms with van der Waals surface area (Å²) in [5, 5.41) is 0. The van der Waals surface area contributed by atoms with Gasteiger partial charge in [-0.1, -0.05) is 12.1 Å². The number of benzene rings is 2. The zero-order chi connectivity index (χ0) is 22.8. The molecule has 0 unspecified atom stereocenters. The SMILES string of the molecule is COc1ccc(/C=C/C(=O)c2ccc(OC)c3c2OC(C)(C)C=C3)cc1OS(C)(=O)=O. The van der Waals surface area contributed by atoms with Crippen LogP contribution in [-0.2, 0) is 10.1 Å². The molecule has 0 aromatic heterocycles. The van der Waals surface area contributed by atoms with Crippen LogP contribution in [0.4, 0.5) is 0 Å². The van der Waals surface area contributed by atoms with Crippen LogP contribution >= 0.6 is 0 Å². The van der Waals surface area contributed by atoms with Crippen LogP contribution in [0.1, 0.15) is 35.3 Å². The predicted octanol–water partition coefficient (Wildman–Crippen LogP) is 4.12. The minimum Gasteiger partial charge on any atom is -0.496 e. The molecule has 1 aliphatic rings. The zero-order valence-corrected chi connectivity index (χ0v) is 18.8. The number of fused-ring (bicyclic) bond motifs is 1. The molecule has 8 heteroatoms. The fraction of sp³-hybridized carbons (Fsp3) is 0.261. The summed E-state index contributed by atoms with van der Waals surface area (Å²) in [7, 11) is -0.766. The van der Waals surface area contributed by atoms with E-state index in [2.05, 4.69) is 0 Å². The van der Waals surface area contributed by atoms with Crippen LogP contribution < -0.4 is 18.4 Å². The fourth-order valence-corrected chi connectivity index (χ4v) is 3.55. The summed E-state index contributed by atoms with van der Waals surface area (Å²) in [6, 6.07) is 8.11. The van der Waals surface area contributed by atoms with Crippen molar-refractivity contribution in [2.24, 2.45) is 0 Å². The minimum atomic E-state index is -3.73. The van der Waals surface area contributed by atoms with E-state index in [0.29, 0.717) is 28.2 Å². The van der Waals surface area contributed by atoms with Gasteiger partial charge < -0.3 is 18.4 Å². The molecular weight excluding hydrogens is 420 g/mol. The Morgan fingerprint density at radius 3 is 2.35 bits per heavy atom. The van der Waals surface area contributed by atoms with Gasteiger partial charge in [-0.25, -0.2) is 0 Å². The molecule has 0 saturated heterocycles. The van der Waals surface area contributed by atoms with Crippen LogP contribution in [0, 0.1) is 0 Å². The number of ether oxygens (including phenoxy) is 3. The Hall–Kier alpha value is -3.26. The topological polar surface area (TPSA) is 88.1 Å². The van der Waals surface area contributed by atoms with Crippen molar-refractivity contribution in [3.8, 4) is 23.0 Å². The number of carbonyl (C=O) groups is 1. The maximum atomic E-state index is 13.0. The Bertz CT molecular complexity index is 1170. The Kier molecular flexibility index (Phi) is 6.13. The Balaban J connectivity index is 1.94. The van der Waals surface area contributed by atoms with Gasteiger partial charge in [0.1, 0.15) is 17.1 Å². The van der Waals surface area contributed by atoms with Crippen molar-refractivity contribution in [3.05, 3.63) is 59.2 Å². The molecule has 1 heterocycles. The summed E-state index contributed by atoms with van der Waals surface area (Å²) in [5.41, 5.74) is 1.10. The van der Waals surface area contributed by atoms with Gasteiger partial charge in [-0.05, 0) is 61.9 Å². The van der Waals surface area contributed by atoms with Crippen molar-refractivity contribution in [1.82, 2.24) is 0 Å². The lowest BCUT2D eigenvalue weighted by atomic mass is 9.97. The third kappa shape index (κ3) is 5.27. The summed E-state index contributed by atoms with van der Waals surface area (Å²) < 4.78 is 44.5. The van der Waals surface area contributed by atoms with Crippen LogP contribution in [0.5, 0.6) is 23.0 Å². The average molecular weight is 445 g/mol. The highest BCUT2D eigenvalue weighted by Crippen LogP contribution is 2.40. The second kappa shape index (κ2) is 8.47. The molecular formula is C23H24O7S. The van der Waals surface area contributed by atoms with E-state index in [0.717, 1.165) is 6.26 Å². The number of ketones is 1. The van der Waals surface area contributed by atoms with Gasteiger partial charge in [0.05, 0.1) is 31.6 Å². The van der Waals surface area contributed by atoms with E-state index < -0.39 is 15.7 Å². The third-order valence-corrected chi connectivity index (χ3v) is 5.00. The number of hydrogen-bond donors (Lipinski definition) is 0. The molecule has 1 aliphatic heterocycles. The molecule has 0 spiro atoms. The van der Waals surface area contributed by atoms with E-state index in [-0.39, 0.29) is 17.3 Å². The maximum Gasteiger partial charge on any atom is 0.306 e. The highest BCUT2D eigenvalue weighted by molar-refractivity contribution is 7.86. The molecule has 0 amide bonds. The molecule has 0 bridgehead atoms. The smallest absolute Gasteiger partial charge is 0.306 e.